The van der Waals surface area contributed by atoms with Crippen molar-refractivity contribution in [2.24, 2.45) is 4.36 Å². The van der Waals surface area contributed by atoms with Gasteiger partial charge < -0.3 is 4.74 Å². The molecule has 1 aliphatic rings. The molecule has 182 valence electrons. The molecule has 4 rings (SSSR count). The number of likely N-dealkylation sites (tertiary alicyclic amines) is 1. The summed E-state index contributed by atoms with van der Waals surface area (Å²) in [6, 6.07) is 7.98. The van der Waals surface area contributed by atoms with E-state index in [1.165, 1.54) is 18.5 Å². The Kier molecular flexibility index (Phi) is 7.09. The SMILES string of the molecule is Cc1cc(N=S(C)(C)=O)cc2ncnc(Cc3ccc(F)cc3O[C@@H]3CCN(CC(F)F)C3)c12. The van der Waals surface area contributed by atoms with Gasteiger partial charge in [0, 0.05) is 58.8 Å². The van der Waals surface area contributed by atoms with Gasteiger partial charge in [-0.3, -0.25) is 4.90 Å². The zero-order chi connectivity index (χ0) is 24.5. The summed E-state index contributed by atoms with van der Waals surface area (Å²) in [5.41, 5.74) is 3.64. The maximum Gasteiger partial charge on any atom is 0.251 e. The molecule has 0 saturated carbocycles. The summed E-state index contributed by atoms with van der Waals surface area (Å²) >= 11 is 0. The van der Waals surface area contributed by atoms with Crippen LogP contribution in [0.1, 0.15) is 23.2 Å². The minimum atomic E-state index is -2.40. The molecule has 1 saturated heterocycles. The number of fused-ring (bicyclic) bond motifs is 1. The molecule has 0 N–H and O–H groups in total. The molecule has 0 bridgehead atoms. The predicted molar refractivity (Wildman–Crippen MR) is 127 cm³/mol. The molecule has 1 fully saturated rings. The van der Waals surface area contributed by atoms with Gasteiger partial charge in [0.2, 0.25) is 0 Å². The molecular formula is C24H27F3N4O2S. The van der Waals surface area contributed by atoms with Gasteiger partial charge in [-0.1, -0.05) is 6.07 Å². The second-order valence-electron chi connectivity index (χ2n) is 8.86. The Morgan fingerprint density at radius 2 is 2.03 bits per heavy atom. The highest BCUT2D eigenvalue weighted by Gasteiger charge is 2.27. The molecular weight excluding hydrogens is 465 g/mol. The van der Waals surface area contributed by atoms with Gasteiger partial charge in [-0.15, -0.1) is 0 Å². The van der Waals surface area contributed by atoms with Crippen molar-refractivity contribution in [1.82, 2.24) is 14.9 Å². The zero-order valence-electron chi connectivity index (χ0n) is 19.3. The highest BCUT2D eigenvalue weighted by atomic mass is 32.2. The van der Waals surface area contributed by atoms with Crippen LogP contribution in [0.25, 0.3) is 10.9 Å². The van der Waals surface area contributed by atoms with E-state index in [1.54, 1.807) is 29.5 Å². The van der Waals surface area contributed by atoms with Crippen molar-refractivity contribution in [2.45, 2.75) is 32.3 Å². The summed E-state index contributed by atoms with van der Waals surface area (Å²) in [5.74, 6) is -0.0458. The minimum absolute atomic E-state index is 0.287. The topological polar surface area (TPSA) is 67.7 Å². The van der Waals surface area contributed by atoms with Gasteiger partial charge in [0.25, 0.3) is 6.43 Å². The summed E-state index contributed by atoms with van der Waals surface area (Å²) in [4.78, 5) is 10.5. The standard InChI is InChI=1S/C24H27F3N4O2S/c1-15-8-18(30-34(2,3)32)11-21-24(15)20(28-14-29-21)9-16-4-5-17(25)10-22(16)33-19-6-7-31(12-19)13-23(26)27/h4-5,8,10-11,14,19,23H,6-7,9,12-13H2,1-3H3/t19-/m1/s1. The molecule has 1 aromatic heterocycles. The van der Waals surface area contributed by atoms with Crippen LogP contribution in [0.2, 0.25) is 0 Å². The van der Waals surface area contributed by atoms with E-state index in [2.05, 4.69) is 14.3 Å². The third-order valence-corrected chi connectivity index (χ3v) is 6.28. The monoisotopic (exact) mass is 492 g/mol. The molecule has 2 aromatic carbocycles. The maximum absolute atomic E-state index is 14.1. The molecule has 0 spiro atoms. The van der Waals surface area contributed by atoms with E-state index < -0.39 is 22.0 Å². The quantitative estimate of drug-likeness (QED) is 0.476. The molecule has 3 aromatic rings. The number of ether oxygens (including phenoxy) is 1. The van der Waals surface area contributed by atoms with Crippen LogP contribution in [0.5, 0.6) is 5.75 Å². The van der Waals surface area contributed by atoms with Gasteiger partial charge in [-0.05, 0) is 37.1 Å². The highest BCUT2D eigenvalue weighted by Crippen LogP contribution is 2.31. The first-order valence-electron chi connectivity index (χ1n) is 10.9. The Labute approximate surface area is 197 Å². The number of rotatable bonds is 7. The van der Waals surface area contributed by atoms with Gasteiger partial charge in [-0.25, -0.2) is 27.3 Å². The average Bonchev–Trinajstić information content (AvgIpc) is 3.14. The Balaban J connectivity index is 1.63. The highest BCUT2D eigenvalue weighted by molar-refractivity contribution is 7.92. The van der Waals surface area contributed by atoms with E-state index in [-0.39, 0.29) is 12.6 Å². The van der Waals surface area contributed by atoms with Gasteiger partial charge in [0.05, 0.1) is 23.4 Å². The summed E-state index contributed by atoms with van der Waals surface area (Å²) < 4.78 is 61.9. The molecule has 10 heteroatoms. The number of halogens is 3. The van der Waals surface area contributed by atoms with Gasteiger partial charge >= 0.3 is 0 Å². The van der Waals surface area contributed by atoms with E-state index in [0.717, 1.165) is 22.2 Å². The van der Waals surface area contributed by atoms with Crippen molar-refractivity contribution in [3.63, 3.8) is 0 Å². The first-order valence-corrected chi connectivity index (χ1v) is 13.3. The fourth-order valence-electron chi connectivity index (χ4n) is 4.29. The number of alkyl halides is 2. The molecule has 0 amide bonds. The largest absolute Gasteiger partial charge is 0.489 e. The van der Waals surface area contributed by atoms with Crippen LogP contribution >= 0.6 is 0 Å². The first-order chi connectivity index (χ1) is 16.1. The number of hydrogen-bond acceptors (Lipinski definition) is 6. The van der Waals surface area contributed by atoms with Gasteiger partial charge in [0.1, 0.15) is 24.0 Å². The zero-order valence-corrected chi connectivity index (χ0v) is 20.1. The van der Waals surface area contributed by atoms with E-state index in [4.69, 9.17) is 4.74 Å². The molecule has 6 nitrogen and oxygen atoms in total. The van der Waals surface area contributed by atoms with Crippen molar-refractivity contribution >= 4 is 26.3 Å². The van der Waals surface area contributed by atoms with E-state index in [0.29, 0.717) is 42.9 Å². The van der Waals surface area contributed by atoms with Crippen LogP contribution < -0.4 is 4.74 Å². The van der Waals surface area contributed by atoms with Crippen molar-refractivity contribution in [2.75, 3.05) is 32.1 Å². The predicted octanol–water partition coefficient (Wildman–Crippen LogP) is 4.75. The average molecular weight is 493 g/mol. The van der Waals surface area contributed by atoms with Crippen LogP contribution in [-0.4, -0.2) is 63.8 Å². The maximum atomic E-state index is 14.1. The minimum Gasteiger partial charge on any atom is -0.489 e. The number of aryl methyl sites for hydroxylation is 1. The number of hydrogen-bond donors (Lipinski definition) is 0. The second-order valence-corrected chi connectivity index (χ2v) is 11.4. The normalized spacial score (nSPS) is 17.0. The molecule has 1 atom stereocenters. The Bertz CT molecular complexity index is 1320. The van der Waals surface area contributed by atoms with Crippen molar-refractivity contribution in [3.8, 4) is 5.75 Å². The Morgan fingerprint density at radius 3 is 2.76 bits per heavy atom. The van der Waals surface area contributed by atoms with Crippen LogP contribution in [0.4, 0.5) is 18.9 Å². The fourth-order valence-corrected chi connectivity index (χ4v) is 4.90. The lowest BCUT2D eigenvalue weighted by Crippen LogP contribution is -2.29. The number of benzene rings is 2. The van der Waals surface area contributed by atoms with Crippen molar-refractivity contribution < 1.29 is 22.1 Å². The summed E-state index contributed by atoms with van der Waals surface area (Å²) in [7, 11) is -2.32. The number of nitrogens with zero attached hydrogens (tertiary/aromatic N) is 4. The lowest BCUT2D eigenvalue weighted by molar-refractivity contribution is 0.0930. The molecule has 0 aliphatic carbocycles. The first kappa shape index (κ1) is 24.4. The smallest absolute Gasteiger partial charge is 0.251 e. The summed E-state index contributed by atoms with van der Waals surface area (Å²) in [6.45, 7) is 2.52. The van der Waals surface area contributed by atoms with E-state index in [1.807, 2.05) is 13.0 Å². The van der Waals surface area contributed by atoms with Crippen LogP contribution in [0.15, 0.2) is 41.0 Å². The van der Waals surface area contributed by atoms with Crippen molar-refractivity contribution in [3.05, 3.63) is 59.3 Å². The van der Waals surface area contributed by atoms with Crippen LogP contribution in [0, 0.1) is 12.7 Å². The third kappa shape index (κ3) is 6.04. The van der Waals surface area contributed by atoms with Gasteiger partial charge in [-0.2, -0.15) is 4.36 Å². The lowest BCUT2D eigenvalue weighted by Gasteiger charge is -2.19. The Morgan fingerprint density at radius 1 is 1.24 bits per heavy atom. The third-order valence-electron chi connectivity index (χ3n) is 5.63. The van der Waals surface area contributed by atoms with E-state index >= 15 is 0 Å². The molecule has 1 aliphatic heterocycles. The van der Waals surface area contributed by atoms with Gasteiger partial charge in [0.15, 0.2) is 0 Å². The fraction of sp³-hybridized carbons (Fsp3) is 0.417. The summed E-state index contributed by atoms with van der Waals surface area (Å²) in [6.07, 6.45) is 2.90. The lowest BCUT2D eigenvalue weighted by atomic mass is 10.0. The Hall–Kier alpha value is -2.72. The number of aromatic nitrogens is 2. The second kappa shape index (κ2) is 9.87. The molecule has 34 heavy (non-hydrogen) atoms. The molecule has 0 radical (unpaired) electrons. The van der Waals surface area contributed by atoms with Crippen LogP contribution in [0.3, 0.4) is 0 Å². The molecule has 2 heterocycles. The summed E-state index contributed by atoms with van der Waals surface area (Å²) in [5, 5.41) is 0.847. The van der Waals surface area contributed by atoms with Crippen molar-refractivity contribution in [1.29, 1.82) is 0 Å². The van der Waals surface area contributed by atoms with E-state index in [9.17, 15) is 17.4 Å². The molecule has 0 unspecified atom stereocenters. The van der Waals surface area contributed by atoms with Crippen LogP contribution in [-0.2, 0) is 16.1 Å².